The van der Waals surface area contributed by atoms with Crippen molar-refractivity contribution in [2.45, 2.75) is 161 Å². The highest BCUT2D eigenvalue weighted by atomic mass is 31.2. The molecule has 2 N–H and O–H groups in total. The van der Waals surface area contributed by atoms with Crippen LogP contribution in [0.25, 0.3) is 0 Å². The number of carbonyl (C=O) groups is 2. The molecule has 0 aromatic heterocycles. The zero-order valence-corrected chi connectivity index (χ0v) is 31.0. The Bertz CT molecular complexity index is 963. The highest BCUT2D eigenvalue weighted by Crippen LogP contribution is 2.35. The first-order valence-electron chi connectivity index (χ1n) is 18.6. The van der Waals surface area contributed by atoms with Gasteiger partial charge in [-0.05, 0) is 77.0 Å². The number of hydrogen-bond donors (Lipinski definition) is 2. The van der Waals surface area contributed by atoms with E-state index in [-0.39, 0.29) is 19.4 Å². The van der Waals surface area contributed by atoms with Gasteiger partial charge in [-0.1, -0.05) is 126 Å². The molecule has 0 saturated carbocycles. The lowest BCUT2D eigenvalue weighted by molar-refractivity contribution is -0.161. The van der Waals surface area contributed by atoms with Crippen LogP contribution in [0.3, 0.4) is 0 Å². The molecular formula is C39H67O8P. The van der Waals surface area contributed by atoms with Gasteiger partial charge in [-0.3, -0.25) is 14.1 Å². The molecular weight excluding hydrogens is 627 g/mol. The second-order valence-electron chi connectivity index (χ2n) is 12.2. The van der Waals surface area contributed by atoms with Crippen molar-refractivity contribution in [1.82, 2.24) is 0 Å². The van der Waals surface area contributed by atoms with E-state index in [1.807, 2.05) is 0 Å². The molecule has 0 bridgehead atoms. The van der Waals surface area contributed by atoms with E-state index >= 15 is 0 Å². The number of allylic oxidation sites excluding steroid dienone is 10. The van der Waals surface area contributed by atoms with Crippen molar-refractivity contribution in [2.24, 2.45) is 0 Å². The average molecular weight is 695 g/mol. The third-order valence-corrected chi connectivity index (χ3v) is 8.01. The zero-order valence-electron chi connectivity index (χ0n) is 30.1. The van der Waals surface area contributed by atoms with Gasteiger partial charge in [0.15, 0.2) is 6.10 Å². The molecule has 0 radical (unpaired) electrons. The van der Waals surface area contributed by atoms with Crippen LogP contribution in [0.4, 0.5) is 0 Å². The molecule has 0 unspecified atom stereocenters. The molecule has 0 fully saturated rings. The summed E-state index contributed by atoms with van der Waals surface area (Å²) in [5, 5.41) is 0. The zero-order chi connectivity index (χ0) is 35.4. The van der Waals surface area contributed by atoms with Crippen molar-refractivity contribution in [1.29, 1.82) is 0 Å². The molecule has 0 aliphatic carbocycles. The maximum Gasteiger partial charge on any atom is 0.469 e. The fraction of sp³-hybridized carbons (Fsp3) is 0.692. The molecule has 48 heavy (non-hydrogen) atoms. The summed E-state index contributed by atoms with van der Waals surface area (Å²) in [6, 6.07) is 0. The first-order valence-corrected chi connectivity index (χ1v) is 20.1. The lowest BCUT2D eigenvalue weighted by Gasteiger charge is -2.18. The van der Waals surface area contributed by atoms with Gasteiger partial charge in [0.05, 0.1) is 6.61 Å². The summed E-state index contributed by atoms with van der Waals surface area (Å²) >= 11 is 0. The van der Waals surface area contributed by atoms with Crippen LogP contribution >= 0.6 is 7.82 Å². The summed E-state index contributed by atoms with van der Waals surface area (Å²) in [5.41, 5.74) is 0. The van der Waals surface area contributed by atoms with Crippen LogP contribution in [-0.4, -0.2) is 41.0 Å². The van der Waals surface area contributed by atoms with Gasteiger partial charge in [-0.2, -0.15) is 0 Å². The molecule has 0 saturated heterocycles. The molecule has 0 amide bonds. The number of hydrogen-bond acceptors (Lipinski definition) is 6. The van der Waals surface area contributed by atoms with Crippen LogP contribution in [0.2, 0.25) is 0 Å². The predicted molar refractivity (Wildman–Crippen MR) is 197 cm³/mol. The largest absolute Gasteiger partial charge is 0.469 e. The Morgan fingerprint density at radius 2 is 1.00 bits per heavy atom. The highest BCUT2D eigenvalue weighted by Gasteiger charge is 2.22. The Hall–Kier alpha value is -2.25. The minimum Gasteiger partial charge on any atom is -0.462 e. The minimum absolute atomic E-state index is 0.170. The summed E-state index contributed by atoms with van der Waals surface area (Å²) in [7, 11) is -4.77. The van der Waals surface area contributed by atoms with Gasteiger partial charge in [0.1, 0.15) is 6.61 Å². The molecule has 276 valence electrons. The fourth-order valence-corrected chi connectivity index (χ4v) is 5.13. The third kappa shape index (κ3) is 36.6. The van der Waals surface area contributed by atoms with E-state index in [1.165, 1.54) is 57.8 Å². The molecule has 8 nitrogen and oxygen atoms in total. The van der Waals surface area contributed by atoms with Crippen LogP contribution in [0.1, 0.15) is 155 Å². The van der Waals surface area contributed by atoms with Gasteiger partial charge in [0, 0.05) is 12.8 Å². The Morgan fingerprint density at radius 3 is 1.52 bits per heavy atom. The van der Waals surface area contributed by atoms with Crippen LogP contribution in [0, 0.1) is 0 Å². The van der Waals surface area contributed by atoms with Crippen molar-refractivity contribution in [3.05, 3.63) is 60.8 Å². The van der Waals surface area contributed by atoms with Gasteiger partial charge >= 0.3 is 19.8 Å². The number of esters is 2. The van der Waals surface area contributed by atoms with Gasteiger partial charge in [-0.25, -0.2) is 4.57 Å². The summed E-state index contributed by atoms with van der Waals surface area (Å²) in [6.07, 6.45) is 42.3. The monoisotopic (exact) mass is 694 g/mol. The molecule has 0 aromatic carbocycles. The summed E-state index contributed by atoms with van der Waals surface area (Å²) in [4.78, 5) is 42.6. The Kier molecular flexibility index (Phi) is 33.0. The minimum atomic E-state index is -4.77. The van der Waals surface area contributed by atoms with Crippen LogP contribution < -0.4 is 0 Å². The number of ether oxygens (including phenoxy) is 2. The number of phosphoric acid groups is 1. The highest BCUT2D eigenvalue weighted by molar-refractivity contribution is 7.46. The second-order valence-corrected chi connectivity index (χ2v) is 13.4. The van der Waals surface area contributed by atoms with Crippen molar-refractivity contribution >= 4 is 19.8 Å². The molecule has 0 aliphatic heterocycles. The molecule has 0 rings (SSSR count). The first-order chi connectivity index (χ1) is 23.3. The molecule has 9 heteroatoms. The SMILES string of the molecule is CC/C=C/C/C=C/C/C=C/C/C=C/CCCCC(=O)OC[C@H](COP(=O)(O)O)OC(=O)CCCC/C=C/CCCCCCCCCCC. The fourth-order valence-electron chi connectivity index (χ4n) is 4.77. The summed E-state index contributed by atoms with van der Waals surface area (Å²) < 4.78 is 26.2. The Balaban J connectivity index is 4.09. The quantitative estimate of drug-likeness (QED) is 0.0301. The predicted octanol–water partition coefficient (Wildman–Crippen LogP) is 11.0. The summed E-state index contributed by atoms with van der Waals surface area (Å²) in [5.74, 6) is -0.964. The van der Waals surface area contributed by atoms with E-state index in [0.717, 1.165) is 57.8 Å². The Morgan fingerprint density at radius 1 is 0.562 bits per heavy atom. The van der Waals surface area contributed by atoms with Crippen LogP contribution in [0.15, 0.2) is 60.8 Å². The van der Waals surface area contributed by atoms with Crippen molar-refractivity contribution in [3.8, 4) is 0 Å². The maximum absolute atomic E-state index is 12.3. The molecule has 0 aromatic rings. The normalized spacial score (nSPS) is 13.2. The lowest BCUT2D eigenvalue weighted by atomic mass is 10.1. The molecule has 0 aliphatic rings. The van der Waals surface area contributed by atoms with Crippen molar-refractivity contribution in [3.63, 3.8) is 0 Å². The number of rotatable bonds is 33. The van der Waals surface area contributed by atoms with Gasteiger partial charge in [0.2, 0.25) is 0 Å². The van der Waals surface area contributed by atoms with E-state index in [1.54, 1.807) is 0 Å². The topological polar surface area (TPSA) is 119 Å². The maximum atomic E-state index is 12.3. The number of unbranched alkanes of at least 4 members (excludes halogenated alkanes) is 13. The van der Waals surface area contributed by atoms with E-state index < -0.39 is 32.5 Å². The van der Waals surface area contributed by atoms with Crippen molar-refractivity contribution in [2.75, 3.05) is 13.2 Å². The first kappa shape index (κ1) is 45.8. The standard InChI is InChI=1S/C39H67O8P/c1-3-5-7-9-11-13-15-17-19-21-23-25-27-29-31-33-38(40)45-35-37(36-46-48(42,43)44)47-39(41)34-32-30-28-26-24-22-20-18-16-14-12-10-8-6-4-2/h5,7,11,13,17,19,23-26,37H,3-4,6,8-10,12,14-16,18,20-22,27-36H2,1-2H3,(H2,42,43,44)/b7-5+,13-11+,19-17+,25-23+,26-24+/t37-/m1/s1. The number of carbonyl (C=O) groups excluding carboxylic acids is 2. The van der Waals surface area contributed by atoms with Crippen LogP contribution in [0.5, 0.6) is 0 Å². The second kappa shape index (κ2) is 34.6. The van der Waals surface area contributed by atoms with Gasteiger partial charge in [0.25, 0.3) is 0 Å². The summed E-state index contributed by atoms with van der Waals surface area (Å²) in [6.45, 7) is 3.50. The molecule has 0 heterocycles. The van der Waals surface area contributed by atoms with Crippen LogP contribution in [-0.2, 0) is 28.2 Å². The Labute approximate surface area is 292 Å². The van der Waals surface area contributed by atoms with E-state index in [0.29, 0.717) is 12.8 Å². The molecule has 1 atom stereocenters. The average Bonchev–Trinajstić information content (AvgIpc) is 3.05. The van der Waals surface area contributed by atoms with Gasteiger partial charge < -0.3 is 19.3 Å². The third-order valence-electron chi connectivity index (χ3n) is 7.52. The lowest BCUT2D eigenvalue weighted by Crippen LogP contribution is -2.29. The van der Waals surface area contributed by atoms with E-state index in [4.69, 9.17) is 19.3 Å². The van der Waals surface area contributed by atoms with Gasteiger partial charge in [-0.15, -0.1) is 0 Å². The van der Waals surface area contributed by atoms with E-state index in [9.17, 15) is 14.2 Å². The smallest absolute Gasteiger partial charge is 0.462 e. The van der Waals surface area contributed by atoms with E-state index in [2.05, 4.69) is 79.1 Å². The van der Waals surface area contributed by atoms with Crippen molar-refractivity contribution < 1.29 is 37.9 Å². The molecule has 0 spiro atoms. The number of phosphoric ester groups is 1.